The first-order valence-electron chi connectivity index (χ1n) is 12.1. The molecule has 0 saturated carbocycles. The first kappa shape index (κ1) is 23.9. The SMILES string of the molecule is O=C(N1CCc2ccc(O)cc2-c2c(ccc3c2OC(c2ccccc2)(c2ccccc2)O3)C1)C(F)(F)F. The van der Waals surface area contributed by atoms with E-state index in [0.717, 1.165) is 16.0 Å². The highest BCUT2D eigenvalue weighted by atomic mass is 19.4. The number of carbonyl (C=O) groups is 1. The predicted molar refractivity (Wildman–Crippen MR) is 134 cm³/mol. The van der Waals surface area contributed by atoms with Crippen LogP contribution in [0.2, 0.25) is 0 Å². The fourth-order valence-electron chi connectivity index (χ4n) is 5.16. The zero-order valence-corrected chi connectivity index (χ0v) is 20.0. The summed E-state index contributed by atoms with van der Waals surface area (Å²) in [5.41, 5.74) is 3.70. The van der Waals surface area contributed by atoms with Gasteiger partial charge in [-0.25, -0.2) is 0 Å². The quantitative estimate of drug-likeness (QED) is 0.345. The van der Waals surface area contributed by atoms with E-state index in [2.05, 4.69) is 0 Å². The molecule has 6 rings (SSSR count). The molecular weight excluding hydrogens is 495 g/mol. The Hall–Kier alpha value is -4.46. The van der Waals surface area contributed by atoms with E-state index in [1.807, 2.05) is 60.7 Å². The van der Waals surface area contributed by atoms with E-state index in [1.165, 1.54) is 6.07 Å². The van der Waals surface area contributed by atoms with Crippen molar-refractivity contribution in [2.24, 2.45) is 0 Å². The van der Waals surface area contributed by atoms with Crippen molar-refractivity contribution >= 4 is 5.91 Å². The lowest BCUT2D eigenvalue weighted by Gasteiger charge is -2.30. The Morgan fingerprint density at radius 2 is 1.47 bits per heavy atom. The molecule has 4 aromatic carbocycles. The first-order chi connectivity index (χ1) is 18.3. The van der Waals surface area contributed by atoms with Crippen LogP contribution in [0.5, 0.6) is 17.2 Å². The number of carbonyl (C=O) groups excluding carboxylic acids is 1. The van der Waals surface area contributed by atoms with Crippen LogP contribution in [0.15, 0.2) is 91.0 Å². The molecule has 1 amide bonds. The maximum Gasteiger partial charge on any atom is 0.471 e. The molecule has 0 spiro atoms. The second-order valence-corrected chi connectivity index (χ2v) is 9.30. The number of aromatic hydroxyl groups is 1. The van der Waals surface area contributed by atoms with Crippen molar-refractivity contribution in [3.63, 3.8) is 0 Å². The number of phenolic OH excluding ortho intramolecular Hbond substituents is 1. The number of hydrogen-bond acceptors (Lipinski definition) is 4. The van der Waals surface area contributed by atoms with Crippen LogP contribution in [0.1, 0.15) is 22.3 Å². The molecule has 5 nitrogen and oxygen atoms in total. The van der Waals surface area contributed by atoms with Gasteiger partial charge < -0.3 is 19.5 Å². The fourth-order valence-corrected chi connectivity index (χ4v) is 5.16. The molecule has 0 radical (unpaired) electrons. The monoisotopic (exact) mass is 517 g/mol. The maximum atomic E-state index is 13.4. The lowest BCUT2D eigenvalue weighted by atomic mass is 9.90. The smallest absolute Gasteiger partial charge is 0.471 e. The van der Waals surface area contributed by atoms with E-state index in [1.54, 1.807) is 24.3 Å². The van der Waals surface area contributed by atoms with E-state index >= 15 is 0 Å². The van der Waals surface area contributed by atoms with Gasteiger partial charge in [0.05, 0.1) is 0 Å². The van der Waals surface area contributed by atoms with Gasteiger partial charge >= 0.3 is 17.9 Å². The summed E-state index contributed by atoms with van der Waals surface area (Å²) < 4.78 is 53.5. The van der Waals surface area contributed by atoms with Crippen molar-refractivity contribution in [1.82, 2.24) is 4.90 Å². The van der Waals surface area contributed by atoms with Gasteiger partial charge in [0.15, 0.2) is 11.5 Å². The molecule has 0 unspecified atom stereocenters. The number of fused-ring (bicyclic) bond motifs is 5. The Bertz CT molecular complexity index is 1480. The highest BCUT2D eigenvalue weighted by molar-refractivity contribution is 5.85. The Labute approximate surface area is 216 Å². The average molecular weight is 518 g/mol. The number of amides is 1. The van der Waals surface area contributed by atoms with Crippen molar-refractivity contribution in [3.8, 4) is 28.4 Å². The molecule has 0 atom stereocenters. The minimum Gasteiger partial charge on any atom is -0.508 e. The molecule has 8 heteroatoms. The van der Waals surface area contributed by atoms with Crippen molar-refractivity contribution in [1.29, 1.82) is 0 Å². The summed E-state index contributed by atoms with van der Waals surface area (Å²) in [5, 5.41) is 10.3. The minimum atomic E-state index is -5.00. The zero-order valence-electron chi connectivity index (χ0n) is 20.0. The molecule has 0 aliphatic carbocycles. The van der Waals surface area contributed by atoms with Gasteiger partial charge in [-0.1, -0.05) is 72.8 Å². The Kier molecular flexibility index (Phi) is 5.56. The summed E-state index contributed by atoms with van der Waals surface area (Å²) in [6, 6.07) is 26.8. The van der Waals surface area contributed by atoms with E-state index in [4.69, 9.17) is 9.47 Å². The van der Waals surface area contributed by atoms with Crippen molar-refractivity contribution in [2.45, 2.75) is 24.9 Å². The van der Waals surface area contributed by atoms with Crippen LogP contribution >= 0.6 is 0 Å². The number of nitrogens with zero attached hydrogens (tertiary/aromatic N) is 1. The molecule has 4 aromatic rings. The van der Waals surface area contributed by atoms with Crippen molar-refractivity contribution < 1.29 is 32.5 Å². The van der Waals surface area contributed by atoms with Crippen LogP contribution in [-0.2, 0) is 23.5 Å². The number of alkyl halides is 3. The summed E-state index contributed by atoms with van der Waals surface area (Å²) >= 11 is 0. The molecule has 2 aliphatic heterocycles. The average Bonchev–Trinajstić information content (AvgIpc) is 3.31. The summed E-state index contributed by atoms with van der Waals surface area (Å²) in [4.78, 5) is 13.1. The van der Waals surface area contributed by atoms with E-state index in [9.17, 15) is 23.1 Å². The van der Waals surface area contributed by atoms with Crippen LogP contribution in [0.3, 0.4) is 0 Å². The van der Waals surface area contributed by atoms with Gasteiger partial charge in [0, 0.05) is 29.8 Å². The largest absolute Gasteiger partial charge is 0.508 e. The highest BCUT2D eigenvalue weighted by Crippen LogP contribution is 2.54. The number of halogens is 3. The topological polar surface area (TPSA) is 59.0 Å². The molecule has 2 aliphatic rings. The first-order valence-corrected chi connectivity index (χ1v) is 12.1. The standard InChI is InChI=1S/C30H22F3NO4/c31-30(32,33)28(36)34-16-15-19-11-13-23(35)17-24(19)26-20(18-34)12-14-25-27(26)38-29(37-25,21-7-3-1-4-8-21)22-9-5-2-6-10-22/h1-14,17,35H,15-16,18H2. The minimum absolute atomic E-state index is 0.00685. The summed E-state index contributed by atoms with van der Waals surface area (Å²) in [7, 11) is 0. The number of rotatable bonds is 2. The Morgan fingerprint density at radius 1 is 0.842 bits per heavy atom. The summed E-state index contributed by atoms with van der Waals surface area (Å²) in [6.45, 7) is -0.398. The normalized spacial score (nSPS) is 15.7. The summed E-state index contributed by atoms with van der Waals surface area (Å²) in [5.74, 6) is -2.50. The number of benzene rings is 4. The van der Waals surface area contributed by atoms with Crippen molar-refractivity contribution in [2.75, 3.05) is 6.54 Å². The van der Waals surface area contributed by atoms with Gasteiger partial charge in [-0.05, 0) is 41.3 Å². The van der Waals surface area contributed by atoms with Crippen LogP contribution in [-0.4, -0.2) is 28.6 Å². The third kappa shape index (κ3) is 3.93. The van der Waals surface area contributed by atoms with Crippen LogP contribution in [0.4, 0.5) is 13.2 Å². The fraction of sp³-hybridized carbons (Fsp3) is 0.167. The third-order valence-corrected chi connectivity index (χ3v) is 6.92. The highest BCUT2D eigenvalue weighted by Gasteiger charge is 2.48. The molecule has 0 saturated heterocycles. The van der Waals surface area contributed by atoms with Crippen LogP contribution < -0.4 is 9.47 Å². The van der Waals surface area contributed by atoms with Gasteiger partial charge in [-0.2, -0.15) is 13.2 Å². The maximum absolute atomic E-state index is 13.4. The van der Waals surface area contributed by atoms with E-state index in [-0.39, 0.29) is 25.3 Å². The Balaban J connectivity index is 1.56. The van der Waals surface area contributed by atoms with Crippen LogP contribution in [0.25, 0.3) is 11.1 Å². The second kappa shape index (κ2) is 8.83. The van der Waals surface area contributed by atoms with Crippen LogP contribution in [0, 0.1) is 0 Å². The lowest BCUT2D eigenvalue weighted by molar-refractivity contribution is -0.186. The summed E-state index contributed by atoms with van der Waals surface area (Å²) in [6.07, 6.45) is -4.83. The van der Waals surface area contributed by atoms with Gasteiger partial charge in [0.25, 0.3) is 0 Å². The number of ether oxygens (including phenoxy) is 2. The molecule has 38 heavy (non-hydrogen) atoms. The molecule has 2 heterocycles. The van der Waals surface area contributed by atoms with Gasteiger partial charge in [0.1, 0.15) is 5.75 Å². The van der Waals surface area contributed by atoms with E-state index in [0.29, 0.717) is 33.8 Å². The van der Waals surface area contributed by atoms with E-state index < -0.39 is 17.9 Å². The molecule has 0 bridgehead atoms. The lowest BCUT2D eigenvalue weighted by Crippen LogP contribution is -2.42. The zero-order chi connectivity index (χ0) is 26.5. The number of hydrogen-bond donors (Lipinski definition) is 1. The number of phenols is 1. The van der Waals surface area contributed by atoms with Gasteiger partial charge in [-0.15, -0.1) is 0 Å². The molecule has 0 fully saturated rings. The van der Waals surface area contributed by atoms with Gasteiger partial charge in [0.2, 0.25) is 0 Å². The molecule has 0 aromatic heterocycles. The molecule has 192 valence electrons. The van der Waals surface area contributed by atoms with Crippen molar-refractivity contribution in [3.05, 3.63) is 113 Å². The molecule has 1 N–H and O–H groups in total. The second-order valence-electron chi connectivity index (χ2n) is 9.30. The Morgan fingerprint density at radius 3 is 2.11 bits per heavy atom. The predicted octanol–water partition coefficient (Wildman–Crippen LogP) is 6.18. The van der Waals surface area contributed by atoms with Gasteiger partial charge in [-0.3, -0.25) is 4.79 Å². The molecular formula is C30H22F3NO4. The third-order valence-electron chi connectivity index (χ3n) is 6.92.